The minimum atomic E-state index is -0.0192. The van der Waals surface area contributed by atoms with Crippen molar-refractivity contribution in [3.05, 3.63) is 16.4 Å². The normalized spacial score (nSPS) is 18.9. The summed E-state index contributed by atoms with van der Waals surface area (Å²) in [5.74, 6) is 6.37. The Kier molecular flexibility index (Phi) is 4.77. The number of nitrogens with zero attached hydrogens (tertiary/aromatic N) is 2. The van der Waals surface area contributed by atoms with Gasteiger partial charge in [0.25, 0.3) is 0 Å². The van der Waals surface area contributed by atoms with Crippen LogP contribution in [-0.4, -0.2) is 22.5 Å². The van der Waals surface area contributed by atoms with Crippen LogP contribution in [0.15, 0.2) is 10.7 Å². The van der Waals surface area contributed by atoms with E-state index in [0.717, 1.165) is 16.7 Å². The summed E-state index contributed by atoms with van der Waals surface area (Å²) in [5, 5.41) is 4.34. The van der Waals surface area contributed by atoms with Gasteiger partial charge in [-0.3, -0.25) is 10.5 Å². The van der Waals surface area contributed by atoms with Crippen LogP contribution in [0.4, 0.5) is 0 Å². The van der Waals surface area contributed by atoms with E-state index in [1.807, 2.05) is 17.8 Å². The zero-order chi connectivity index (χ0) is 13.1. The third kappa shape index (κ3) is 2.77. The van der Waals surface area contributed by atoms with Crippen molar-refractivity contribution >= 4 is 15.9 Å². The smallest absolute Gasteiger partial charge is 0.0904 e. The molecule has 1 aromatic heterocycles. The van der Waals surface area contributed by atoms with Crippen molar-refractivity contribution in [2.45, 2.75) is 45.4 Å². The summed E-state index contributed by atoms with van der Waals surface area (Å²) in [5.41, 5.74) is 3.98. The van der Waals surface area contributed by atoms with Crippen LogP contribution >= 0.6 is 15.9 Å². The second-order valence-corrected chi connectivity index (χ2v) is 5.45. The van der Waals surface area contributed by atoms with Gasteiger partial charge in [0.2, 0.25) is 0 Å². The number of hydrazine groups is 1. The Bertz CT molecular complexity index is 391. The van der Waals surface area contributed by atoms with Gasteiger partial charge in [0.15, 0.2) is 0 Å². The predicted octanol–water partition coefficient (Wildman–Crippen LogP) is 1.98. The first-order valence-electron chi connectivity index (χ1n) is 6.51. The maximum Gasteiger partial charge on any atom is 0.0904 e. The number of hydrogen-bond acceptors (Lipinski definition) is 4. The average Bonchev–Trinajstić information content (AvgIpc) is 3.15. The first-order chi connectivity index (χ1) is 8.72. The maximum atomic E-state index is 5.89. The molecule has 0 bridgehead atoms. The van der Waals surface area contributed by atoms with Crippen molar-refractivity contribution in [2.24, 2.45) is 11.8 Å². The predicted molar refractivity (Wildman–Crippen MR) is 73.8 cm³/mol. The van der Waals surface area contributed by atoms with Crippen LogP contribution in [-0.2, 0) is 11.3 Å². The lowest BCUT2D eigenvalue weighted by Gasteiger charge is -2.27. The van der Waals surface area contributed by atoms with E-state index in [0.29, 0.717) is 12.5 Å². The van der Waals surface area contributed by atoms with E-state index in [1.165, 1.54) is 12.8 Å². The largest absolute Gasteiger partial charge is 0.376 e. The van der Waals surface area contributed by atoms with Gasteiger partial charge in [-0.1, -0.05) is 0 Å². The minimum Gasteiger partial charge on any atom is -0.376 e. The molecule has 1 aliphatic carbocycles. The first kappa shape index (κ1) is 14.0. The summed E-state index contributed by atoms with van der Waals surface area (Å²) in [6, 6.07) is -0.0192. The number of halogens is 1. The van der Waals surface area contributed by atoms with E-state index < -0.39 is 0 Å². The molecule has 5 nitrogen and oxygen atoms in total. The number of rotatable bonds is 7. The number of nitrogens with one attached hydrogen (secondary N) is 1. The molecule has 0 radical (unpaired) electrons. The van der Waals surface area contributed by atoms with Crippen LogP contribution in [0, 0.1) is 5.92 Å². The summed E-state index contributed by atoms with van der Waals surface area (Å²) in [6.45, 7) is 5.62. The molecular weight excluding hydrogens is 296 g/mol. The highest BCUT2D eigenvalue weighted by Gasteiger charge is 2.39. The van der Waals surface area contributed by atoms with Gasteiger partial charge in [-0.05, 0) is 48.5 Å². The van der Waals surface area contributed by atoms with Gasteiger partial charge in [-0.15, -0.1) is 0 Å². The number of nitrogens with two attached hydrogens (primary N) is 1. The molecule has 0 spiro atoms. The molecule has 2 atom stereocenters. The van der Waals surface area contributed by atoms with Gasteiger partial charge in [0.05, 0.1) is 28.5 Å². The van der Waals surface area contributed by atoms with Crippen LogP contribution in [0.25, 0.3) is 0 Å². The molecule has 2 rings (SSSR count). The molecule has 3 N–H and O–H groups in total. The summed E-state index contributed by atoms with van der Waals surface area (Å²) in [6.07, 6.45) is 4.39. The van der Waals surface area contributed by atoms with Gasteiger partial charge < -0.3 is 4.74 Å². The van der Waals surface area contributed by atoms with E-state index >= 15 is 0 Å². The highest BCUT2D eigenvalue weighted by Crippen LogP contribution is 2.41. The van der Waals surface area contributed by atoms with Crippen LogP contribution in [0.1, 0.15) is 38.4 Å². The second-order valence-electron chi connectivity index (χ2n) is 4.60. The standard InChI is InChI=1S/C12H21BrN4O/c1-3-17-11(9(13)7-15-17)10(16-14)12(18-4-2)8-5-6-8/h7-8,10,12,16H,3-6,14H2,1-2H3. The Balaban J connectivity index is 2.27. The summed E-state index contributed by atoms with van der Waals surface area (Å²) in [4.78, 5) is 0. The van der Waals surface area contributed by atoms with E-state index in [-0.39, 0.29) is 12.1 Å². The second kappa shape index (κ2) is 6.14. The third-order valence-corrected chi connectivity index (χ3v) is 3.99. The zero-order valence-electron chi connectivity index (χ0n) is 10.9. The van der Waals surface area contributed by atoms with Gasteiger partial charge in [0, 0.05) is 13.2 Å². The fourth-order valence-corrected chi connectivity index (χ4v) is 2.93. The lowest BCUT2D eigenvalue weighted by molar-refractivity contribution is 0.0162. The SMILES string of the molecule is CCOC(C1CC1)C(NN)c1c(Br)cnn1CC. The Hall–Kier alpha value is -0.430. The molecule has 1 aromatic rings. The van der Waals surface area contributed by atoms with Gasteiger partial charge >= 0.3 is 0 Å². The highest BCUT2D eigenvalue weighted by molar-refractivity contribution is 9.10. The molecule has 6 heteroatoms. The topological polar surface area (TPSA) is 65.1 Å². The molecule has 0 aromatic carbocycles. The number of aromatic nitrogens is 2. The fraction of sp³-hybridized carbons (Fsp3) is 0.750. The molecule has 2 unspecified atom stereocenters. The quantitative estimate of drug-likeness (QED) is 0.596. The van der Waals surface area contributed by atoms with Crippen LogP contribution in [0.2, 0.25) is 0 Å². The van der Waals surface area contributed by atoms with Crippen molar-refractivity contribution in [1.82, 2.24) is 15.2 Å². The molecule has 0 saturated heterocycles. The Labute approximate surface area is 116 Å². The van der Waals surface area contributed by atoms with E-state index in [9.17, 15) is 0 Å². The number of aryl methyl sites for hydroxylation is 1. The van der Waals surface area contributed by atoms with E-state index in [2.05, 4.69) is 33.4 Å². The maximum absolute atomic E-state index is 5.89. The monoisotopic (exact) mass is 316 g/mol. The fourth-order valence-electron chi connectivity index (χ4n) is 2.38. The number of ether oxygens (including phenoxy) is 1. The molecular formula is C12H21BrN4O. The molecule has 1 heterocycles. The van der Waals surface area contributed by atoms with Crippen LogP contribution in [0.5, 0.6) is 0 Å². The highest BCUT2D eigenvalue weighted by atomic mass is 79.9. The molecule has 0 amide bonds. The molecule has 18 heavy (non-hydrogen) atoms. The average molecular weight is 317 g/mol. The first-order valence-corrected chi connectivity index (χ1v) is 7.31. The summed E-state index contributed by atoms with van der Waals surface area (Å²) < 4.78 is 8.84. The van der Waals surface area contributed by atoms with E-state index in [1.54, 1.807) is 0 Å². The Morgan fingerprint density at radius 2 is 2.33 bits per heavy atom. The van der Waals surface area contributed by atoms with Crippen molar-refractivity contribution < 1.29 is 4.74 Å². The molecule has 1 fully saturated rings. The van der Waals surface area contributed by atoms with E-state index in [4.69, 9.17) is 10.6 Å². The zero-order valence-corrected chi connectivity index (χ0v) is 12.5. The molecule has 1 aliphatic rings. The molecule has 1 saturated carbocycles. The molecule has 0 aliphatic heterocycles. The lowest BCUT2D eigenvalue weighted by atomic mass is 10.0. The lowest BCUT2D eigenvalue weighted by Crippen LogP contribution is -2.40. The van der Waals surface area contributed by atoms with Gasteiger partial charge in [-0.2, -0.15) is 5.10 Å². The summed E-state index contributed by atoms with van der Waals surface area (Å²) >= 11 is 3.55. The molecule has 102 valence electrons. The summed E-state index contributed by atoms with van der Waals surface area (Å²) in [7, 11) is 0. The van der Waals surface area contributed by atoms with Crippen molar-refractivity contribution in [3.8, 4) is 0 Å². The van der Waals surface area contributed by atoms with Crippen LogP contribution in [0.3, 0.4) is 0 Å². The Morgan fingerprint density at radius 1 is 1.61 bits per heavy atom. The Morgan fingerprint density at radius 3 is 2.83 bits per heavy atom. The number of hydrogen-bond donors (Lipinski definition) is 2. The third-order valence-electron chi connectivity index (χ3n) is 3.38. The van der Waals surface area contributed by atoms with Gasteiger partial charge in [0.1, 0.15) is 0 Å². The van der Waals surface area contributed by atoms with Gasteiger partial charge in [-0.25, -0.2) is 5.43 Å². The van der Waals surface area contributed by atoms with Crippen LogP contribution < -0.4 is 11.3 Å². The van der Waals surface area contributed by atoms with Crippen molar-refractivity contribution in [2.75, 3.05) is 6.61 Å². The van der Waals surface area contributed by atoms with Crippen molar-refractivity contribution in [1.29, 1.82) is 0 Å². The van der Waals surface area contributed by atoms with Crippen molar-refractivity contribution in [3.63, 3.8) is 0 Å². The minimum absolute atomic E-state index is 0.0192.